The predicted molar refractivity (Wildman–Crippen MR) is 58.3 cm³/mol. The van der Waals surface area contributed by atoms with Crippen LogP contribution in [0.1, 0.15) is 0 Å². The van der Waals surface area contributed by atoms with E-state index in [0.717, 1.165) is 0 Å². The summed E-state index contributed by atoms with van der Waals surface area (Å²) < 4.78 is 44.4. The summed E-state index contributed by atoms with van der Waals surface area (Å²) in [6, 6.07) is 6.19. The maximum Gasteiger partial charge on any atom is 0.271 e. The van der Waals surface area contributed by atoms with Crippen LogP contribution in [0.4, 0.5) is 4.39 Å². The van der Waals surface area contributed by atoms with Gasteiger partial charge in [0.15, 0.2) is 24.1 Å². The Kier molecular flexibility index (Phi) is 3.03. The summed E-state index contributed by atoms with van der Waals surface area (Å²) in [6.45, 7) is -0.0247. The first-order valence-corrected chi connectivity index (χ1v) is 6.47. The van der Waals surface area contributed by atoms with Crippen molar-refractivity contribution >= 4 is 21.0 Å². The fourth-order valence-corrected chi connectivity index (χ4v) is 1.85. The van der Waals surface area contributed by atoms with Gasteiger partial charge in [0, 0.05) is 16.6 Å². The molecule has 5 nitrogen and oxygen atoms in total. The Morgan fingerprint density at radius 2 is 2.12 bits per heavy atom. The van der Waals surface area contributed by atoms with Gasteiger partial charge in [-0.25, -0.2) is 4.39 Å². The molecular formula is C10H10FN2O3S+. The fourth-order valence-electron chi connectivity index (χ4n) is 1.43. The molecule has 7 heteroatoms. The summed E-state index contributed by atoms with van der Waals surface area (Å²) in [6.07, 6.45) is 1.53. The molecule has 1 N–H and O–H groups in total. The fraction of sp³-hybridized carbons (Fsp3) is 0.200. The molecule has 0 aliphatic rings. The van der Waals surface area contributed by atoms with E-state index in [1.807, 2.05) is 0 Å². The Morgan fingerprint density at radius 1 is 1.35 bits per heavy atom. The van der Waals surface area contributed by atoms with Crippen LogP contribution in [0.5, 0.6) is 0 Å². The Bertz CT molecular complexity index is 658. The van der Waals surface area contributed by atoms with Crippen LogP contribution in [0.15, 0.2) is 30.5 Å². The minimum absolute atomic E-state index is 0.0247. The van der Waals surface area contributed by atoms with Gasteiger partial charge in [-0.05, 0) is 6.07 Å². The summed E-state index contributed by atoms with van der Waals surface area (Å²) in [4.78, 5) is 0. The molecule has 0 fully saturated rings. The first-order chi connectivity index (χ1) is 7.96. The highest BCUT2D eigenvalue weighted by Gasteiger charge is 2.13. The van der Waals surface area contributed by atoms with E-state index in [1.165, 1.54) is 16.9 Å². The Labute approximate surface area is 97.3 Å². The van der Waals surface area contributed by atoms with E-state index < -0.39 is 21.7 Å². The number of aryl methyl sites for hydroxylation is 1. The van der Waals surface area contributed by atoms with Gasteiger partial charge in [-0.2, -0.15) is 8.42 Å². The minimum atomic E-state index is -4.04. The lowest BCUT2D eigenvalue weighted by molar-refractivity contribution is -0.747. The Balaban J connectivity index is 2.34. The number of aromatic nitrogens is 2. The summed E-state index contributed by atoms with van der Waals surface area (Å²) in [7, 11) is -4.04. The van der Waals surface area contributed by atoms with Gasteiger partial charge in [-0.1, -0.05) is 16.8 Å². The van der Waals surface area contributed by atoms with E-state index in [2.05, 4.69) is 5.10 Å². The van der Waals surface area contributed by atoms with Crippen LogP contribution < -0.4 is 4.68 Å². The summed E-state index contributed by atoms with van der Waals surface area (Å²) >= 11 is 0. The highest BCUT2D eigenvalue weighted by atomic mass is 32.2. The topological polar surface area (TPSA) is 71.1 Å². The largest absolute Gasteiger partial charge is 0.285 e. The van der Waals surface area contributed by atoms with Crippen LogP contribution in [0.2, 0.25) is 0 Å². The van der Waals surface area contributed by atoms with Gasteiger partial charge >= 0.3 is 0 Å². The third kappa shape index (κ3) is 2.95. The van der Waals surface area contributed by atoms with Gasteiger partial charge < -0.3 is 0 Å². The normalized spacial score (nSPS) is 11.9. The maximum absolute atomic E-state index is 13.4. The number of hydrogen-bond acceptors (Lipinski definition) is 3. The Hall–Kier alpha value is -1.60. The molecule has 1 aromatic heterocycles. The van der Waals surface area contributed by atoms with E-state index in [4.69, 9.17) is 4.55 Å². The summed E-state index contributed by atoms with van der Waals surface area (Å²) in [5.41, 5.74) is 0.172. The number of nitrogens with zero attached hydrogens (tertiary/aromatic N) is 2. The molecule has 0 saturated carbocycles. The SMILES string of the molecule is O=S(=O)(O)CC[n+]1ccc2cccc(F)c2n1. The third-order valence-corrected chi connectivity index (χ3v) is 2.95. The van der Waals surface area contributed by atoms with E-state index in [1.54, 1.807) is 18.2 Å². The van der Waals surface area contributed by atoms with Crippen molar-refractivity contribution < 1.29 is 22.0 Å². The van der Waals surface area contributed by atoms with Crippen LogP contribution >= 0.6 is 0 Å². The lowest BCUT2D eigenvalue weighted by atomic mass is 10.2. The van der Waals surface area contributed by atoms with Crippen LogP contribution in [-0.4, -0.2) is 23.8 Å². The first kappa shape index (κ1) is 11.9. The quantitative estimate of drug-likeness (QED) is 0.644. The summed E-state index contributed by atoms with van der Waals surface area (Å²) in [5, 5.41) is 4.58. The van der Waals surface area contributed by atoms with Crippen molar-refractivity contribution in [3.8, 4) is 0 Å². The molecule has 0 aliphatic carbocycles. The molecule has 0 unspecified atom stereocenters. The van der Waals surface area contributed by atoms with Crippen LogP contribution in [-0.2, 0) is 16.7 Å². The molecule has 0 bridgehead atoms. The molecule has 0 atom stereocenters. The second-order valence-corrected chi connectivity index (χ2v) is 5.11. The van der Waals surface area contributed by atoms with Crippen LogP contribution in [0, 0.1) is 5.82 Å². The molecule has 2 aromatic rings. The van der Waals surface area contributed by atoms with Crippen molar-refractivity contribution in [2.75, 3.05) is 5.75 Å². The zero-order valence-electron chi connectivity index (χ0n) is 8.75. The highest BCUT2D eigenvalue weighted by molar-refractivity contribution is 7.85. The second-order valence-electron chi connectivity index (χ2n) is 3.54. The van der Waals surface area contributed by atoms with Gasteiger partial charge in [0.2, 0.25) is 0 Å². The van der Waals surface area contributed by atoms with E-state index in [0.29, 0.717) is 5.39 Å². The smallest absolute Gasteiger partial charge is 0.271 e. The van der Waals surface area contributed by atoms with Gasteiger partial charge in [0.05, 0.1) is 0 Å². The molecule has 0 radical (unpaired) electrons. The van der Waals surface area contributed by atoms with E-state index in [9.17, 15) is 12.8 Å². The molecular weight excluding hydrogens is 247 g/mol. The van der Waals surface area contributed by atoms with Gasteiger partial charge in [-0.3, -0.25) is 4.55 Å². The van der Waals surface area contributed by atoms with Crippen molar-refractivity contribution in [2.24, 2.45) is 0 Å². The lowest BCUT2D eigenvalue weighted by Crippen LogP contribution is -2.40. The molecule has 0 spiro atoms. The van der Waals surface area contributed by atoms with Crippen LogP contribution in [0.25, 0.3) is 10.9 Å². The van der Waals surface area contributed by atoms with Gasteiger partial charge in [0.25, 0.3) is 10.1 Å². The number of fused-ring (bicyclic) bond motifs is 1. The summed E-state index contributed by atoms with van der Waals surface area (Å²) in [5.74, 6) is -0.923. The van der Waals surface area contributed by atoms with Crippen molar-refractivity contribution in [2.45, 2.75) is 6.54 Å². The highest BCUT2D eigenvalue weighted by Crippen LogP contribution is 2.12. The zero-order valence-corrected chi connectivity index (χ0v) is 9.56. The number of benzene rings is 1. The van der Waals surface area contributed by atoms with Crippen molar-refractivity contribution in [3.05, 3.63) is 36.3 Å². The number of rotatable bonds is 3. The third-order valence-electron chi connectivity index (χ3n) is 2.25. The average molecular weight is 257 g/mol. The number of hydrogen-bond donors (Lipinski definition) is 1. The van der Waals surface area contributed by atoms with Crippen molar-refractivity contribution in [3.63, 3.8) is 0 Å². The molecule has 0 amide bonds. The maximum atomic E-state index is 13.4. The Morgan fingerprint density at radius 3 is 2.82 bits per heavy atom. The average Bonchev–Trinajstić information content (AvgIpc) is 2.26. The molecule has 1 aromatic carbocycles. The molecule has 2 rings (SSSR count). The molecule has 0 aliphatic heterocycles. The minimum Gasteiger partial charge on any atom is -0.285 e. The van der Waals surface area contributed by atoms with Gasteiger partial charge in [0.1, 0.15) is 5.75 Å². The standard InChI is InChI=1S/C10H9FN2O3S/c11-9-3-1-2-8-4-5-13(12-10(8)9)6-7-17(14,15)16/h1-5H,6-7H2/p+1. The first-order valence-electron chi connectivity index (χ1n) is 4.86. The number of halogens is 1. The zero-order chi connectivity index (χ0) is 12.5. The molecule has 0 saturated heterocycles. The van der Waals surface area contributed by atoms with Crippen molar-refractivity contribution in [1.29, 1.82) is 0 Å². The monoisotopic (exact) mass is 257 g/mol. The van der Waals surface area contributed by atoms with Gasteiger partial charge in [-0.15, -0.1) is 0 Å². The molecule has 17 heavy (non-hydrogen) atoms. The molecule has 90 valence electrons. The predicted octanol–water partition coefficient (Wildman–Crippen LogP) is 0.549. The second kappa shape index (κ2) is 4.34. The van der Waals surface area contributed by atoms with Crippen molar-refractivity contribution in [1.82, 2.24) is 5.10 Å². The van der Waals surface area contributed by atoms with E-state index in [-0.39, 0.29) is 12.1 Å². The lowest BCUT2D eigenvalue weighted by Gasteiger charge is -1.97. The molecule has 1 heterocycles. The van der Waals surface area contributed by atoms with E-state index >= 15 is 0 Å². The van der Waals surface area contributed by atoms with Crippen LogP contribution in [0.3, 0.4) is 0 Å².